The van der Waals surface area contributed by atoms with Gasteiger partial charge in [0.25, 0.3) is 0 Å². The molecule has 0 aliphatic heterocycles. The van der Waals surface area contributed by atoms with Gasteiger partial charge in [-0.25, -0.2) is 0 Å². The third-order valence-corrected chi connectivity index (χ3v) is 2.79. The highest BCUT2D eigenvalue weighted by molar-refractivity contribution is 5.22. The van der Waals surface area contributed by atoms with Gasteiger partial charge in [-0.2, -0.15) is 4.98 Å². The van der Waals surface area contributed by atoms with Crippen LogP contribution in [0.25, 0.3) is 0 Å². The molecule has 2 aromatic heterocycles. The van der Waals surface area contributed by atoms with Crippen LogP contribution in [-0.4, -0.2) is 33.7 Å². The molecule has 2 aromatic rings. The zero-order valence-corrected chi connectivity index (χ0v) is 11.5. The van der Waals surface area contributed by atoms with Crippen LogP contribution in [0.3, 0.4) is 0 Å². The van der Waals surface area contributed by atoms with E-state index in [1.165, 1.54) is 0 Å². The highest BCUT2D eigenvalue weighted by atomic mass is 16.5. The largest absolute Gasteiger partial charge is 0.497 e. The molecule has 6 nitrogen and oxygen atoms in total. The predicted octanol–water partition coefficient (Wildman–Crippen LogP) is 1.80. The Labute approximate surface area is 112 Å². The molecule has 0 saturated heterocycles. The molecule has 0 atom stereocenters. The van der Waals surface area contributed by atoms with Crippen LogP contribution in [0.1, 0.15) is 24.3 Å². The first-order valence-corrected chi connectivity index (χ1v) is 6.21. The number of methoxy groups -OCH3 is 1. The highest BCUT2D eigenvalue weighted by Crippen LogP contribution is 2.13. The van der Waals surface area contributed by atoms with Crippen LogP contribution in [0.5, 0.6) is 5.75 Å². The minimum Gasteiger partial charge on any atom is -0.497 e. The maximum absolute atomic E-state index is 5.19. The molecule has 0 fully saturated rings. The number of aromatic nitrogens is 3. The molecule has 0 aliphatic carbocycles. The summed E-state index contributed by atoms with van der Waals surface area (Å²) >= 11 is 0. The van der Waals surface area contributed by atoms with Crippen molar-refractivity contribution in [2.75, 3.05) is 13.7 Å². The van der Waals surface area contributed by atoms with Crippen molar-refractivity contribution in [2.45, 2.75) is 26.9 Å². The normalized spacial score (nSPS) is 10.9. The zero-order chi connectivity index (χ0) is 13.7. The standard InChI is InChI=1S/C13H18N4O2/c1-4-17(9-13-15-10(2)16-19-13)8-11-7-12(18-3)5-6-14-11/h5-7H,4,8-9H2,1-3H3. The molecule has 0 bridgehead atoms. The Balaban J connectivity index is 2.01. The Kier molecular flexibility index (Phi) is 4.46. The third kappa shape index (κ3) is 3.75. The first kappa shape index (κ1) is 13.5. The molecule has 0 saturated carbocycles. The molecule has 0 aliphatic rings. The first-order valence-electron chi connectivity index (χ1n) is 6.21. The summed E-state index contributed by atoms with van der Waals surface area (Å²) in [4.78, 5) is 10.7. The molecule has 2 heterocycles. The van der Waals surface area contributed by atoms with Gasteiger partial charge in [-0.05, 0) is 19.5 Å². The molecule has 0 N–H and O–H groups in total. The lowest BCUT2D eigenvalue weighted by Gasteiger charge is -2.17. The second kappa shape index (κ2) is 6.29. The number of aryl methyl sites for hydroxylation is 1. The van der Waals surface area contributed by atoms with Crippen molar-refractivity contribution >= 4 is 0 Å². The minimum atomic E-state index is 0.621. The van der Waals surface area contributed by atoms with Crippen molar-refractivity contribution in [1.82, 2.24) is 20.0 Å². The van der Waals surface area contributed by atoms with Crippen LogP contribution >= 0.6 is 0 Å². The second-order valence-electron chi connectivity index (χ2n) is 4.23. The van der Waals surface area contributed by atoms with E-state index < -0.39 is 0 Å². The first-order chi connectivity index (χ1) is 9.21. The summed E-state index contributed by atoms with van der Waals surface area (Å²) in [5.74, 6) is 2.10. The van der Waals surface area contributed by atoms with E-state index in [0.29, 0.717) is 18.3 Å². The minimum absolute atomic E-state index is 0.621. The molecule has 0 amide bonds. The lowest BCUT2D eigenvalue weighted by molar-refractivity contribution is 0.226. The highest BCUT2D eigenvalue weighted by Gasteiger charge is 2.11. The molecule has 0 radical (unpaired) electrons. The Morgan fingerprint density at radius 3 is 2.84 bits per heavy atom. The average molecular weight is 262 g/mol. The van der Waals surface area contributed by atoms with Crippen molar-refractivity contribution in [3.63, 3.8) is 0 Å². The average Bonchev–Trinajstić information content (AvgIpc) is 2.83. The fourth-order valence-corrected chi connectivity index (χ4v) is 1.77. The van der Waals surface area contributed by atoms with E-state index in [1.54, 1.807) is 13.3 Å². The number of nitrogens with zero attached hydrogens (tertiary/aromatic N) is 4. The number of hydrogen-bond acceptors (Lipinski definition) is 6. The number of rotatable bonds is 6. The number of ether oxygens (including phenoxy) is 1. The Morgan fingerprint density at radius 2 is 2.21 bits per heavy atom. The van der Waals surface area contributed by atoms with Crippen LogP contribution in [-0.2, 0) is 13.1 Å². The van der Waals surface area contributed by atoms with Gasteiger partial charge >= 0.3 is 0 Å². The molecular formula is C13H18N4O2. The van der Waals surface area contributed by atoms with Gasteiger partial charge in [0.15, 0.2) is 5.82 Å². The quantitative estimate of drug-likeness (QED) is 0.791. The fourth-order valence-electron chi connectivity index (χ4n) is 1.77. The summed E-state index contributed by atoms with van der Waals surface area (Å²) in [5.41, 5.74) is 0.956. The van der Waals surface area contributed by atoms with E-state index in [1.807, 2.05) is 19.1 Å². The van der Waals surface area contributed by atoms with Crippen LogP contribution in [0.4, 0.5) is 0 Å². The molecular weight excluding hydrogens is 244 g/mol. The molecule has 0 unspecified atom stereocenters. The second-order valence-corrected chi connectivity index (χ2v) is 4.23. The molecule has 0 spiro atoms. The van der Waals surface area contributed by atoms with E-state index in [4.69, 9.17) is 9.26 Å². The van der Waals surface area contributed by atoms with Gasteiger partial charge in [0.05, 0.1) is 19.3 Å². The molecule has 102 valence electrons. The molecule has 19 heavy (non-hydrogen) atoms. The van der Waals surface area contributed by atoms with Crippen molar-refractivity contribution in [2.24, 2.45) is 0 Å². The number of hydrogen-bond donors (Lipinski definition) is 0. The number of pyridine rings is 1. The third-order valence-electron chi connectivity index (χ3n) is 2.79. The van der Waals surface area contributed by atoms with Gasteiger partial charge in [-0.15, -0.1) is 0 Å². The van der Waals surface area contributed by atoms with Gasteiger partial charge in [-0.1, -0.05) is 12.1 Å². The Bertz CT molecular complexity index is 527. The van der Waals surface area contributed by atoms with Crippen molar-refractivity contribution < 1.29 is 9.26 Å². The summed E-state index contributed by atoms with van der Waals surface area (Å²) in [7, 11) is 1.65. The lowest BCUT2D eigenvalue weighted by Crippen LogP contribution is -2.23. The smallest absolute Gasteiger partial charge is 0.240 e. The SMILES string of the molecule is CCN(Cc1cc(OC)ccn1)Cc1nc(C)no1. The van der Waals surface area contributed by atoms with Crippen molar-refractivity contribution in [1.29, 1.82) is 0 Å². The van der Waals surface area contributed by atoms with Gasteiger partial charge in [0, 0.05) is 18.8 Å². The summed E-state index contributed by atoms with van der Waals surface area (Å²) in [6, 6.07) is 3.77. The van der Waals surface area contributed by atoms with E-state index >= 15 is 0 Å². The van der Waals surface area contributed by atoms with E-state index in [9.17, 15) is 0 Å². The predicted molar refractivity (Wildman–Crippen MR) is 69.6 cm³/mol. The van der Waals surface area contributed by atoms with E-state index in [2.05, 4.69) is 26.9 Å². The lowest BCUT2D eigenvalue weighted by atomic mass is 10.3. The fraction of sp³-hybridized carbons (Fsp3) is 0.462. The summed E-state index contributed by atoms with van der Waals surface area (Å²) < 4.78 is 10.3. The van der Waals surface area contributed by atoms with Gasteiger partial charge in [0.1, 0.15) is 5.75 Å². The van der Waals surface area contributed by atoms with Gasteiger partial charge in [0.2, 0.25) is 5.89 Å². The van der Waals surface area contributed by atoms with Gasteiger partial charge < -0.3 is 9.26 Å². The Hall–Kier alpha value is -1.95. The summed E-state index contributed by atoms with van der Waals surface area (Å²) in [6.07, 6.45) is 1.75. The van der Waals surface area contributed by atoms with Crippen LogP contribution in [0, 0.1) is 6.92 Å². The molecule has 0 aromatic carbocycles. The monoisotopic (exact) mass is 262 g/mol. The maximum atomic E-state index is 5.19. The van der Waals surface area contributed by atoms with Crippen LogP contribution < -0.4 is 4.74 Å². The zero-order valence-electron chi connectivity index (χ0n) is 11.5. The molecule has 2 rings (SSSR count). The Morgan fingerprint density at radius 1 is 1.37 bits per heavy atom. The van der Waals surface area contributed by atoms with E-state index in [0.717, 1.165) is 24.5 Å². The van der Waals surface area contributed by atoms with Crippen molar-refractivity contribution in [3.8, 4) is 5.75 Å². The maximum Gasteiger partial charge on any atom is 0.240 e. The van der Waals surface area contributed by atoms with Crippen molar-refractivity contribution in [3.05, 3.63) is 35.7 Å². The van der Waals surface area contributed by atoms with Crippen LogP contribution in [0.2, 0.25) is 0 Å². The summed E-state index contributed by atoms with van der Waals surface area (Å²) in [5, 5.41) is 3.79. The topological polar surface area (TPSA) is 64.3 Å². The molecule has 6 heteroatoms. The van der Waals surface area contributed by atoms with E-state index in [-0.39, 0.29) is 0 Å². The van der Waals surface area contributed by atoms with Crippen LogP contribution in [0.15, 0.2) is 22.9 Å². The summed E-state index contributed by atoms with van der Waals surface area (Å²) in [6.45, 7) is 6.11. The van der Waals surface area contributed by atoms with Gasteiger partial charge in [-0.3, -0.25) is 9.88 Å².